The van der Waals surface area contributed by atoms with E-state index < -0.39 is 17.8 Å². The molecule has 0 saturated carbocycles. The monoisotopic (exact) mass is 381 g/mol. The van der Waals surface area contributed by atoms with E-state index in [4.69, 9.17) is 9.84 Å². The number of carboxylic acid groups (broad SMARTS) is 1. The van der Waals surface area contributed by atoms with E-state index in [1.165, 1.54) is 24.4 Å². The van der Waals surface area contributed by atoms with Crippen molar-refractivity contribution in [3.8, 4) is 5.75 Å². The third-order valence-electron chi connectivity index (χ3n) is 3.53. The molecule has 3 N–H and O–H groups in total. The summed E-state index contributed by atoms with van der Waals surface area (Å²) >= 11 is 0. The first-order valence-electron chi connectivity index (χ1n) is 8.23. The predicted octanol–water partition coefficient (Wildman–Crippen LogP) is 1.67. The number of carbonyl (C=O) groups excluding carboxylic acids is 2. The number of hydrogen-bond acceptors (Lipinski definition) is 5. The normalized spacial score (nSPS) is 10.8. The lowest BCUT2D eigenvalue weighted by molar-refractivity contribution is -0.123. The van der Waals surface area contributed by atoms with Crippen LogP contribution in [0.2, 0.25) is 0 Å². The van der Waals surface area contributed by atoms with Gasteiger partial charge in [-0.05, 0) is 41.5 Å². The molecule has 0 fully saturated rings. The molecule has 0 bridgehead atoms. The Morgan fingerprint density at radius 1 is 1.04 bits per heavy atom. The summed E-state index contributed by atoms with van der Waals surface area (Å²) in [5.41, 5.74) is 3.87. The first-order valence-corrected chi connectivity index (χ1v) is 8.23. The minimum Gasteiger partial charge on any atom is -0.497 e. The van der Waals surface area contributed by atoms with E-state index in [-0.39, 0.29) is 12.1 Å². The van der Waals surface area contributed by atoms with Crippen LogP contribution in [0.4, 0.5) is 0 Å². The molecule has 0 aliphatic carbocycles. The fraction of sp³-hybridized carbons (Fsp3) is 0.100. The standard InChI is InChI=1S/C20H19N3O5/c1-28-17-9-4-14(5-10-17)6-11-18(24)21-13-19(25)23-22-12-15-2-7-16(8-3-15)20(26)27/h2-12H,13H2,1H3,(H,21,24)(H,23,25)(H,26,27). The SMILES string of the molecule is COc1ccc(C=CC(=O)NCC(=O)NN=Cc2ccc(C(=O)O)cc2)cc1. The van der Waals surface area contributed by atoms with Crippen LogP contribution in [0, 0.1) is 0 Å². The summed E-state index contributed by atoms with van der Waals surface area (Å²) in [6.45, 7) is -0.235. The number of hydrazone groups is 1. The van der Waals surface area contributed by atoms with Crippen molar-refractivity contribution in [2.75, 3.05) is 13.7 Å². The maximum Gasteiger partial charge on any atom is 0.335 e. The van der Waals surface area contributed by atoms with E-state index in [2.05, 4.69) is 15.8 Å². The Labute approximate surface area is 161 Å². The molecule has 8 heteroatoms. The Balaban J connectivity index is 1.74. The maximum atomic E-state index is 11.7. The molecule has 0 aliphatic rings. The van der Waals surface area contributed by atoms with Crippen LogP contribution < -0.4 is 15.5 Å². The van der Waals surface area contributed by atoms with Crippen molar-refractivity contribution < 1.29 is 24.2 Å². The third-order valence-corrected chi connectivity index (χ3v) is 3.53. The van der Waals surface area contributed by atoms with Crippen LogP contribution in [-0.4, -0.2) is 42.8 Å². The summed E-state index contributed by atoms with van der Waals surface area (Å²) in [6.07, 6.45) is 4.31. The van der Waals surface area contributed by atoms with Crippen molar-refractivity contribution in [2.24, 2.45) is 5.10 Å². The van der Waals surface area contributed by atoms with Crippen molar-refractivity contribution >= 4 is 30.1 Å². The highest BCUT2D eigenvalue weighted by Gasteiger charge is 2.03. The summed E-state index contributed by atoms with van der Waals surface area (Å²) in [5.74, 6) is -1.21. The van der Waals surface area contributed by atoms with Gasteiger partial charge in [-0.25, -0.2) is 10.2 Å². The van der Waals surface area contributed by atoms with Gasteiger partial charge in [-0.2, -0.15) is 5.10 Å². The number of aromatic carboxylic acids is 1. The lowest BCUT2D eigenvalue weighted by Crippen LogP contribution is -2.34. The number of carboxylic acids is 1. The molecule has 0 aromatic heterocycles. The summed E-state index contributed by atoms with van der Waals surface area (Å²) < 4.78 is 5.05. The van der Waals surface area contributed by atoms with Crippen molar-refractivity contribution in [3.63, 3.8) is 0 Å². The largest absolute Gasteiger partial charge is 0.497 e. The van der Waals surface area contributed by atoms with Crippen LogP contribution in [0.5, 0.6) is 5.75 Å². The van der Waals surface area contributed by atoms with Crippen LogP contribution >= 0.6 is 0 Å². The van der Waals surface area contributed by atoms with E-state index in [1.54, 1.807) is 49.6 Å². The molecular formula is C20H19N3O5. The van der Waals surface area contributed by atoms with Gasteiger partial charge in [0, 0.05) is 6.08 Å². The molecule has 2 amide bonds. The number of benzene rings is 2. The molecule has 0 spiro atoms. The molecule has 28 heavy (non-hydrogen) atoms. The lowest BCUT2D eigenvalue weighted by Gasteiger charge is -2.01. The number of methoxy groups -OCH3 is 1. The first-order chi connectivity index (χ1) is 13.5. The van der Waals surface area contributed by atoms with Gasteiger partial charge in [0.2, 0.25) is 5.91 Å². The Morgan fingerprint density at radius 3 is 2.29 bits per heavy atom. The average Bonchev–Trinajstić information content (AvgIpc) is 2.71. The number of ether oxygens (including phenoxy) is 1. The molecular weight excluding hydrogens is 362 g/mol. The summed E-state index contributed by atoms with van der Waals surface area (Å²) in [4.78, 5) is 34.2. The summed E-state index contributed by atoms with van der Waals surface area (Å²) in [7, 11) is 1.57. The van der Waals surface area contributed by atoms with Crippen molar-refractivity contribution in [1.82, 2.24) is 10.7 Å². The van der Waals surface area contributed by atoms with Crippen LogP contribution in [0.3, 0.4) is 0 Å². The molecule has 2 aromatic rings. The zero-order chi connectivity index (χ0) is 20.4. The Kier molecular flexibility index (Phi) is 7.47. The van der Waals surface area contributed by atoms with E-state index in [0.717, 1.165) is 11.3 Å². The van der Waals surface area contributed by atoms with Gasteiger partial charge in [-0.3, -0.25) is 9.59 Å². The second-order valence-electron chi connectivity index (χ2n) is 5.54. The number of nitrogens with one attached hydrogen (secondary N) is 2. The van der Waals surface area contributed by atoms with Gasteiger partial charge in [-0.15, -0.1) is 0 Å². The zero-order valence-electron chi connectivity index (χ0n) is 15.1. The van der Waals surface area contributed by atoms with Crippen molar-refractivity contribution in [3.05, 3.63) is 71.3 Å². The van der Waals surface area contributed by atoms with Gasteiger partial charge in [0.15, 0.2) is 0 Å². The van der Waals surface area contributed by atoms with Crippen LogP contribution in [0.1, 0.15) is 21.5 Å². The Bertz CT molecular complexity index is 887. The second kappa shape index (κ2) is 10.3. The van der Waals surface area contributed by atoms with Gasteiger partial charge in [0.05, 0.1) is 25.4 Å². The number of amides is 2. The van der Waals surface area contributed by atoms with Gasteiger partial charge in [0.1, 0.15) is 5.75 Å². The van der Waals surface area contributed by atoms with Crippen molar-refractivity contribution in [2.45, 2.75) is 0 Å². The number of carbonyl (C=O) groups is 3. The minimum atomic E-state index is -1.02. The highest BCUT2D eigenvalue weighted by atomic mass is 16.5. The lowest BCUT2D eigenvalue weighted by atomic mass is 10.1. The van der Waals surface area contributed by atoms with Gasteiger partial charge >= 0.3 is 5.97 Å². The molecule has 0 unspecified atom stereocenters. The van der Waals surface area contributed by atoms with E-state index in [1.807, 2.05) is 0 Å². The Hall–Kier alpha value is -3.94. The maximum absolute atomic E-state index is 11.7. The first kappa shape index (κ1) is 20.4. The second-order valence-corrected chi connectivity index (χ2v) is 5.54. The fourth-order valence-corrected chi connectivity index (χ4v) is 2.04. The van der Waals surface area contributed by atoms with Gasteiger partial charge in [0.25, 0.3) is 5.91 Å². The molecule has 0 radical (unpaired) electrons. The topological polar surface area (TPSA) is 117 Å². The van der Waals surface area contributed by atoms with Crippen LogP contribution in [0.25, 0.3) is 6.08 Å². The smallest absolute Gasteiger partial charge is 0.335 e. The highest BCUT2D eigenvalue weighted by Crippen LogP contribution is 2.12. The minimum absolute atomic E-state index is 0.159. The molecule has 0 saturated heterocycles. The van der Waals surface area contributed by atoms with Gasteiger partial charge in [-0.1, -0.05) is 24.3 Å². The average molecular weight is 381 g/mol. The zero-order valence-corrected chi connectivity index (χ0v) is 15.1. The fourth-order valence-electron chi connectivity index (χ4n) is 2.04. The number of hydrogen-bond donors (Lipinski definition) is 3. The summed E-state index contributed by atoms with van der Waals surface area (Å²) in [5, 5.41) is 15.0. The molecule has 2 rings (SSSR count). The third kappa shape index (κ3) is 6.75. The predicted molar refractivity (Wildman–Crippen MR) is 104 cm³/mol. The molecule has 2 aromatic carbocycles. The van der Waals surface area contributed by atoms with E-state index in [0.29, 0.717) is 5.56 Å². The van der Waals surface area contributed by atoms with Gasteiger partial charge < -0.3 is 15.2 Å². The number of rotatable bonds is 8. The quantitative estimate of drug-likeness (QED) is 0.365. The van der Waals surface area contributed by atoms with Crippen LogP contribution in [0.15, 0.2) is 59.7 Å². The van der Waals surface area contributed by atoms with Crippen LogP contribution in [-0.2, 0) is 9.59 Å². The summed E-state index contributed by atoms with van der Waals surface area (Å²) in [6, 6.07) is 13.1. The Morgan fingerprint density at radius 2 is 1.68 bits per heavy atom. The molecule has 8 nitrogen and oxygen atoms in total. The van der Waals surface area contributed by atoms with E-state index in [9.17, 15) is 14.4 Å². The van der Waals surface area contributed by atoms with E-state index >= 15 is 0 Å². The highest BCUT2D eigenvalue weighted by molar-refractivity contribution is 5.94. The molecule has 0 aliphatic heterocycles. The molecule has 144 valence electrons. The van der Waals surface area contributed by atoms with Crippen molar-refractivity contribution in [1.29, 1.82) is 0 Å². The number of nitrogens with zero attached hydrogens (tertiary/aromatic N) is 1. The molecule has 0 atom stereocenters. The molecule has 0 heterocycles.